The Morgan fingerprint density at radius 2 is 2.20 bits per heavy atom. The highest BCUT2D eigenvalue weighted by Crippen LogP contribution is 2.39. The van der Waals surface area contributed by atoms with Crippen molar-refractivity contribution in [3.63, 3.8) is 0 Å². The van der Waals surface area contributed by atoms with E-state index in [-0.39, 0.29) is 0 Å². The van der Waals surface area contributed by atoms with E-state index in [2.05, 4.69) is 12.2 Å². The number of rotatable bonds is 6. The molecule has 4 nitrogen and oxygen atoms in total. The summed E-state index contributed by atoms with van der Waals surface area (Å²) in [6.45, 7) is 3.78. The van der Waals surface area contributed by atoms with Crippen molar-refractivity contribution in [2.75, 3.05) is 25.6 Å². The van der Waals surface area contributed by atoms with E-state index in [0.717, 1.165) is 42.5 Å². The third-order valence-corrected chi connectivity index (χ3v) is 4.89. The van der Waals surface area contributed by atoms with Crippen molar-refractivity contribution in [2.45, 2.75) is 39.0 Å². The van der Waals surface area contributed by atoms with Crippen molar-refractivity contribution >= 4 is 27.4 Å². The van der Waals surface area contributed by atoms with Gasteiger partial charge in [0.1, 0.15) is 16.5 Å². The van der Waals surface area contributed by atoms with Crippen LogP contribution in [-0.2, 0) is 24.0 Å². The van der Waals surface area contributed by atoms with Crippen molar-refractivity contribution < 1.29 is 4.74 Å². The molecule has 0 saturated heterocycles. The maximum atomic E-state index is 5.11. The molecule has 2 aromatic heterocycles. The van der Waals surface area contributed by atoms with Gasteiger partial charge in [0.2, 0.25) is 0 Å². The highest BCUT2D eigenvalue weighted by molar-refractivity contribution is 7.19. The van der Waals surface area contributed by atoms with Gasteiger partial charge in [0.05, 0.1) is 5.39 Å². The Balaban J connectivity index is 1.99. The molecule has 2 aromatic rings. The molecule has 0 aromatic carbocycles. The largest absolute Gasteiger partial charge is 0.385 e. The maximum Gasteiger partial charge on any atom is 0.138 e. The van der Waals surface area contributed by atoms with Gasteiger partial charge >= 0.3 is 0 Å². The molecule has 1 aliphatic rings. The van der Waals surface area contributed by atoms with Crippen LogP contribution in [0.4, 0.5) is 5.82 Å². The van der Waals surface area contributed by atoms with Crippen molar-refractivity contribution in [1.82, 2.24) is 9.97 Å². The predicted molar refractivity (Wildman–Crippen MR) is 83.8 cm³/mol. The molecule has 5 heteroatoms. The predicted octanol–water partition coefficient (Wildman–Crippen LogP) is 3.19. The lowest BCUT2D eigenvalue weighted by molar-refractivity contribution is 0.194. The normalized spacial score (nSPS) is 13.9. The van der Waals surface area contributed by atoms with Gasteiger partial charge in [-0.1, -0.05) is 0 Å². The van der Waals surface area contributed by atoms with Crippen LogP contribution in [0.25, 0.3) is 10.2 Å². The molecule has 20 heavy (non-hydrogen) atoms. The Morgan fingerprint density at radius 1 is 1.30 bits per heavy atom. The smallest absolute Gasteiger partial charge is 0.138 e. The van der Waals surface area contributed by atoms with E-state index in [1.165, 1.54) is 35.1 Å². The van der Waals surface area contributed by atoms with E-state index in [1.807, 2.05) is 11.3 Å². The van der Waals surface area contributed by atoms with Crippen LogP contribution in [0.2, 0.25) is 0 Å². The molecule has 0 radical (unpaired) electrons. The molecule has 1 N–H and O–H groups in total. The Kier molecular flexibility index (Phi) is 4.17. The molecule has 0 fully saturated rings. The van der Waals surface area contributed by atoms with Gasteiger partial charge in [-0.25, -0.2) is 9.97 Å². The monoisotopic (exact) mass is 291 g/mol. The van der Waals surface area contributed by atoms with Gasteiger partial charge in [-0.3, -0.25) is 0 Å². The summed E-state index contributed by atoms with van der Waals surface area (Å²) in [5.41, 5.74) is 1.49. The lowest BCUT2D eigenvalue weighted by atomic mass is 10.2. The summed E-state index contributed by atoms with van der Waals surface area (Å²) in [6.07, 6.45) is 5.52. The summed E-state index contributed by atoms with van der Waals surface area (Å²) in [6, 6.07) is 0. The quantitative estimate of drug-likeness (QED) is 0.830. The second kappa shape index (κ2) is 6.06. The summed E-state index contributed by atoms with van der Waals surface area (Å²) in [5.74, 6) is 1.97. The molecular weight excluding hydrogens is 270 g/mol. The molecule has 0 amide bonds. The molecule has 1 aliphatic carbocycles. The fraction of sp³-hybridized carbons (Fsp3) is 0.600. The molecule has 2 heterocycles. The number of nitrogens with one attached hydrogen (secondary N) is 1. The summed E-state index contributed by atoms with van der Waals surface area (Å²) >= 11 is 1.86. The maximum absolute atomic E-state index is 5.11. The van der Waals surface area contributed by atoms with Gasteiger partial charge in [-0.05, 0) is 38.2 Å². The second-order valence-corrected chi connectivity index (χ2v) is 6.24. The van der Waals surface area contributed by atoms with Gasteiger partial charge in [0, 0.05) is 31.6 Å². The first-order valence-corrected chi connectivity index (χ1v) is 8.19. The van der Waals surface area contributed by atoms with E-state index in [1.54, 1.807) is 7.11 Å². The van der Waals surface area contributed by atoms with Crippen LogP contribution in [0.3, 0.4) is 0 Å². The Labute approximate surface area is 123 Å². The number of nitrogens with zero attached hydrogens (tertiary/aromatic N) is 2. The molecular formula is C15H21N3OS. The Bertz CT molecular complexity index is 609. The number of methoxy groups -OCH3 is 1. The van der Waals surface area contributed by atoms with E-state index in [9.17, 15) is 0 Å². The lowest BCUT2D eigenvalue weighted by Gasteiger charge is -2.08. The fourth-order valence-electron chi connectivity index (χ4n) is 2.82. The number of hydrogen-bond donors (Lipinski definition) is 1. The van der Waals surface area contributed by atoms with Gasteiger partial charge < -0.3 is 10.1 Å². The van der Waals surface area contributed by atoms with Crippen LogP contribution in [0.1, 0.15) is 36.0 Å². The van der Waals surface area contributed by atoms with E-state index >= 15 is 0 Å². The van der Waals surface area contributed by atoms with Crippen LogP contribution < -0.4 is 5.32 Å². The molecule has 0 aliphatic heterocycles. The number of aromatic nitrogens is 2. The number of fused-ring (bicyclic) bond motifs is 3. The first kappa shape index (κ1) is 13.8. The van der Waals surface area contributed by atoms with E-state index < -0.39 is 0 Å². The van der Waals surface area contributed by atoms with Gasteiger partial charge in [-0.15, -0.1) is 11.3 Å². The Hall–Kier alpha value is -1.20. The van der Waals surface area contributed by atoms with Crippen LogP contribution in [0.5, 0.6) is 0 Å². The summed E-state index contributed by atoms with van der Waals surface area (Å²) in [4.78, 5) is 12.2. The Morgan fingerprint density at radius 3 is 3.00 bits per heavy atom. The zero-order chi connectivity index (χ0) is 13.9. The van der Waals surface area contributed by atoms with Crippen LogP contribution in [0.15, 0.2) is 0 Å². The second-order valence-electron chi connectivity index (χ2n) is 5.15. The van der Waals surface area contributed by atoms with Crippen LogP contribution in [0, 0.1) is 0 Å². The van der Waals surface area contributed by atoms with Crippen molar-refractivity contribution in [2.24, 2.45) is 0 Å². The SMILES string of the molecule is CCNc1nc(CCCOC)nc2sc3c(c12)CCC3. The average molecular weight is 291 g/mol. The van der Waals surface area contributed by atoms with E-state index in [4.69, 9.17) is 14.7 Å². The van der Waals surface area contributed by atoms with Crippen molar-refractivity contribution in [1.29, 1.82) is 0 Å². The molecule has 3 rings (SSSR count). The number of aryl methyl sites for hydroxylation is 3. The van der Waals surface area contributed by atoms with Gasteiger partial charge in [0.15, 0.2) is 0 Å². The first-order valence-electron chi connectivity index (χ1n) is 7.37. The molecule has 0 unspecified atom stereocenters. The van der Waals surface area contributed by atoms with Crippen molar-refractivity contribution in [3.8, 4) is 0 Å². The standard InChI is InChI=1S/C15H21N3OS/c1-3-16-14-13-10-6-4-7-11(10)20-15(13)18-12(17-14)8-5-9-19-2/h3-9H2,1-2H3,(H,16,17,18). The van der Waals surface area contributed by atoms with Crippen molar-refractivity contribution in [3.05, 3.63) is 16.3 Å². The topological polar surface area (TPSA) is 47.0 Å². The molecule has 0 bridgehead atoms. The van der Waals surface area contributed by atoms with E-state index in [0.29, 0.717) is 0 Å². The first-order chi connectivity index (χ1) is 9.83. The number of hydrogen-bond acceptors (Lipinski definition) is 5. The van der Waals surface area contributed by atoms with Crippen LogP contribution >= 0.6 is 11.3 Å². The molecule has 108 valence electrons. The summed E-state index contributed by atoms with van der Waals surface area (Å²) < 4.78 is 5.11. The highest BCUT2D eigenvalue weighted by Gasteiger charge is 2.21. The number of ether oxygens (including phenoxy) is 1. The zero-order valence-electron chi connectivity index (χ0n) is 12.2. The molecule has 0 spiro atoms. The number of thiophene rings is 1. The third-order valence-electron chi connectivity index (χ3n) is 3.70. The minimum atomic E-state index is 0.763. The zero-order valence-corrected chi connectivity index (χ0v) is 13.0. The van der Waals surface area contributed by atoms with Gasteiger partial charge in [0.25, 0.3) is 0 Å². The fourth-order valence-corrected chi connectivity index (χ4v) is 4.10. The molecule has 0 saturated carbocycles. The highest BCUT2D eigenvalue weighted by atomic mass is 32.1. The van der Waals surface area contributed by atoms with Crippen LogP contribution in [-0.4, -0.2) is 30.2 Å². The number of anilines is 1. The minimum Gasteiger partial charge on any atom is -0.385 e. The summed E-state index contributed by atoms with van der Waals surface area (Å²) in [5, 5.41) is 4.70. The minimum absolute atomic E-state index is 0.763. The average Bonchev–Trinajstić information content (AvgIpc) is 2.99. The summed E-state index contributed by atoms with van der Waals surface area (Å²) in [7, 11) is 1.73. The molecule has 0 atom stereocenters. The van der Waals surface area contributed by atoms with Gasteiger partial charge in [-0.2, -0.15) is 0 Å². The third kappa shape index (κ3) is 2.52. The lowest BCUT2D eigenvalue weighted by Crippen LogP contribution is -2.05.